The first-order valence-electron chi connectivity index (χ1n) is 9.14. The SMILES string of the molecule is COc1ccc(NC(=O)NC[C@@H]2CC(=O)N(c3ccc(C)cc3)C2)cc1OC. The number of hydrogen-bond acceptors (Lipinski definition) is 4. The van der Waals surface area contributed by atoms with Crippen LogP contribution in [-0.4, -0.2) is 39.2 Å². The summed E-state index contributed by atoms with van der Waals surface area (Å²) < 4.78 is 10.4. The highest BCUT2D eigenvalue weighted by Crippen LogP contribution is 2.29. The summed E-state index contributed by atoms with van der Waals surface area (Å²) >= 11 is 0. The number of benzene rings is 2. The summed E-state index contributed by atoms with van der Waals surface area (Å²) in [7, 11) is 3.10. The third-order valence-corrected chi connectivity index (χ3v) is 4.74. The second-order valence-electron chi connectivity index (χ2n) is 6.81. The molecule has 3 rings (SSSR count). The molecule has 1 aliphatic rings. The topological polar surface area (TPSA) is 79.9 Å². The number of ether oxygens (including phenoxy) is 2. The first-order valence-corrected chi connectivity index (χ1v) is 9.14. The van der Waals surface area contributed by atoms with Gasteiger partial charge in [-0.3, -0.25) is 4.79 Å². The number of aryl methyl sites for hydroxylation is 1. The molecular weight excluding hydrogens is 358 g/mol. The maximum atomic E-state index is 12.3. The van der Waals surface area contributed by atoms with Crippen LogP contribution in [0.2, 0.25) is 0 Å². The highest BCUT2D eigenvalue weighted by molar-refractivity contribution is 5.96. The van der Waals surface area contributed by atoms with Crippen molar-refractivity contribution < 1.29 is 19.1 Å². The van der Waals surface area contributed by atoms with Crippen molar-refractivity contribution in [2.24, 2.45) is 5.92 Å². The number of amides is 3. The van der Waals surface area contributed by atoms with Gasteiger partial charge in [-0.25, -0.2) is 4.79 Å². The van der Waals surface area contributed by atoms with Crippen LogP contribution in [0.25, 0.3) is 0 Å². The molecule has 0 aromatic heterocycles. The molecule has 1 heterocycles. The Hall–Kier alpha value is -3.22. The summed E-state index contributed by atoms with van der Waals surface area (Å²) in [6, 6.07) is 12.7. The van der Waals surface area contributed by atoms with Crippen molar-refractivity contribution in [1.29, 1.82) is 0 Å². The second kappa shape index (κ2) is 8.65. The van der Waals surface area contributed by atoms with Gasteiger partial charge in [-0.1, -0.05) is 17.7 Å². The van der Waals surface area contributed by atoms with Gasteiger partial charge in [0.15, 0.2) is 11.5 Å². The summed E-state index contributed by atoms with van der Waals surface area (Å²) in [5.41, 5.74) is 2.65. The van der Waals surface area contributed by atoms with E-state index in [1.165, 1.54) is 0 Å². The maximum absolute atomic E-state index is 12.3. The monoisotopic (exact) mass is 383 g/mol. The van der Waals surface area contributed by atoms with Crippen molar-refractivity contribution in [3.63, 3.8) is 0 Å². The van der Waals surface area contributed by atoms with Crippen LogP contribution in [0.5, 0.6) is 11.5 Å². The van der Waals surface area contributed by atoms with Crippen LogP contribution in [0.1, 0.15) is 12.0 Å². The largest absolute Gasteiger partial charge is 0.493 e. The highest BCUT2D eigenvalue weighted by Gasteiger charge is 2.30. The van der Waals surface area contributed by atoms with E-state index >= 15 is 0 Å². The average Bonchev–Trinajstić information content (AvgIpc) is 3.07. The molecule has 1 atom stereocenters. The number of urea groups is 1. The van der Waals surface area contributed by atoms with Gasteiger partial charge in [0.25, 0.3) is 0 Å². The molecule has 1 fully saturated rings. The fourth-order valence-electron chi connectivity index (χ4n) is 3.22. The van der Waals surface area contributed by atoms with Gasteiger partial charge in [-0.15, -0.1) is 0 Å². The van der Waals surface area contributed by atoms with Crippen LogP contribution in [0.15, 0.2) is 42.5 Å². The van der Waals surface area contributed by atoms with E-state index in [0.29, 0.717) is 36.7 Å². The molecule has 1 saturated heterocycles. The van der Waals surface area contributed by atoms with E-state index in [0.717, 1.165) is 11.3 Å². The minimum absolute atomic E-state index is 0.0740. The van der Waals surface area contributed by atoms with Gasteiger partial charge in [-0.05, 0) is 31.2 Å². The zero-order valence-electron chi connectivity index (χ0n) is 16.3. The van der Waals surface area contributed by atoms with Gasteiger partial charge in [0, 0.05) is 42.9 Å². The van der Waals surface area contributed by atoms with Gasteiger partial charge in [-0.2, -0.15) is 0 Å². The van der Waals surface area contributed by atoms with E-state index in [9.17, 15) is 9.59 Å². The Labute approximate surface area is 164 Å². The van der Waals surface area contributed by atoms with E-state index in [4.69, 9.17) is 9.47 Å². The van der Waals surface area contributed by atoms with E-state index in [1.807, 2.05) is 31.2 Å². The normalized spacial score (nSPS) is 16.0. The molecule has 0 aliphatic carbocycles. The van der Waals surface area contributed by atoms with Crippen molar-refractivity contribution in [2.45, 2.75) is 13.3 Å². The molecule has 7 nitrogen and oxygen atoms in total. The summed E-state index contributed by atoms with van der Waals surface area (Å²) in [5, 5.41) is 5.61. The fourth-order valence-corrected chi connectivity index (χ4v) is 3.22. The lowest BCUT2D eigenvalue weighted by Gasteiger charge is -2.17. The number of nitrogens with zero attached hydrogens (tertiary/aromatic N) is 1. The smallest absolute Gasteiger partial charge is 0.319 e. The second-order valence-corrected chi connectivity index (χ2v) is 6.81. The lowest BCUT2D eigenvalue weighted by atomic mass is 10.1. The van der Waals surface area contributed by atoms with E-state index in [1.54, 1.807) is 37.3 Å². The van der Waals surface area contributed by atoms with Gasteiger partial charge < -0.3 is 25.0 Å². The number of carbonyl (C=O) groups is 2. The molecule has 148 valence electrons. The molecule has 1 aliphatic heterocycles. The Kier molecular flexibility index (Phi) is 6.03. The van der Waals surface area contributed by atoms with Crippen molar-refractivity contribution in [2.75, 3.05) is 37.5 Å². The number of rotatable bonds is 6. The Balaban J connectivity index is 1.52. The molecule has 0 spiro atoms. The number of carbonyl (C=O) groups excluding carboxylic acids is 2. The zero-order valence-corrected chi connectivity index (χ0v) is 16.3. The zero-order chi connectivity index (χ0) is 20.1. The molecule has 2 aromatic carbocycles. The third kappa shape index (κ3) is 4.54. The van der Waals surface area contributed by atoms with Crippen LogP contribution in [0.4, 0.5) is 16.2 Å². The first kappa shape index (κ1) is 19.5. The predicted molar refractivity (Wildman–Crippen MR) is 108 cm³/mol. The summed E-state index contributed by atoms with van der Waals surface area (Å²) in [6.45, 7) is 3.03. The van der Waals surface area contributed by atoms with Crippen molar-refractivity contribution >= 4 is 23.3 Å². The lowest BCUT2D eigenvalue weighted by Crippen LogP contribution is -2.34. The van der Waals surface area contributed by atoms with E-state index in [2.05, 4.69) is 10.6 Å². The number of anilines is 2. The van der Waals surface area contributed by atoms with Crippen LogP contribution in [0.3, 0.4) is 0 Å². The minimum Gasteiger partial charge on any atom is -0.493 e. The molecule has 0 bridgehead atoms. The predicted octanol–water partition coefficient (Wildman–Crippen LogP) is 3.19. The van der Waals surface area contributed by atoms with Crippen LogP contribution in [-0.2, 0) is 4.79 Å². The average molecular weight is 383 g/mol. The van der Waals surface area contributed by atoms with Crippen molar-refractivity contribution in [3.8, 4) is 11.5 Å². The van der Waals surface area contributed by atoms with Gasteiger partial charge in [0.05, 0.1) is 14.2 Å². The Morgan fingerprint density at radius 3 is 2.50 bits per heavy atom. The first-order chi connectivity index (χ1) is 13.5. The number of hydrogen-bond donors (Lipinski definition) is 2. The number of nitrogens with one attached hydrogen (secondary N) is 2. The van der Waals surface area contributed by atoms with E-state index < -0.39 is 0 Å². The fraction of sp³-hybridized carbons (Fsp3) is 0.333. The van der Waals surface area contributed by atoms with Crippen LogP contribution < -0.4 is 25.0 Å². The molecule has 0 unspecified atom stereocenters. The summed E-state index contributed by atoms with van der Waals surface area (Å²) in [4.78, 5) is 26.3. The standard InChI is InChI=1S/C21H25N3O4/c1-14-4-7-17(8-5-14)24-13-15(10-20(24)25)12-22-21(26)23-16-6-9-18(27-2)19(11-16)28-3/h4-9,11,15H,10,12-13H2,1-3H3,(H2,22,23,26)/t15-/m0/s1. The van der Waals surface area contributed by atoms with E-state index in [-0.39, 0.29) is 17.9 Å². The molecule has 3 amide bonds. The van der Waals surface area contributed by atoms with Crippen LogP contribution >= 0.6 is 0 Å². The third-order valence-electron chi connectivity index (χ3n) is 4.74. The number of methoxy groups -OCH3 is 2. The Morgan fingerprint density at radius 2 is 1.82 bits per heavy atom. The molecule has 0 saturated carbocycles. The van der Waals surface area contributed by atoms with Gasteiger partial charge in [0.1, 0.15) is 0 Å². The molecule has 28 heavy (non-hydrogen) atoms. The van der Waals surface area contributed by atoms with Gasteiger partial charge >= 0.3 is 6.03 Å². The molecule has 0 radical (unpaired) electrons. The molecule has 7 heteroatoms. The van der Waals surface area contributed by atoms with Crippen molar-refractivity contribution in [1.82, 2.24) is 5.32 Å². The van der Waals surface area contributed by atoms with Gasteiger partial charge in [0.2, 0.25) is 5.91 Å². The summed E-state index contributed by atoms with van der Waals surface area (Å²) in [6.07, 6.45) is 0.421. The van der Waals surface area contributed by atoms with Crippen molar-refractivity contribution in [3.05, 3.63) is 48.0 Å². The highest BCUT2D eigenvalue weighted by atomic mass is 16.5. The summed E-state index contributed by atoms with van der Waals surface area (Å²) in [5.74, 6) is 1.28. The Morgan fingerprint density at radius 1 is 1.11 bits per heavy atom. The lowest BCUT2D eigenvalue weighted by molar-refractivity contribution is -0.117. The minimum atomic E-state index is -0.326. The molecule has 2 N–H and O–H groups in total. The van der Waals surface area contributed by atoms with Crippen LogP contribution in [0, 0.1) is 12.8 Å². The Bertz CT molecular complexity index is 851. The maximum Gasteiger partial charge on any atom is 0.319 e. The quantitative estimate of drug-likeness (QED) is 0.803. The molecule has 2 aromatic rings. The molecular formula is C21H25N3O4.